The summed E-state index contributed by atoms with van der Waals surface area (Å²) in [6, 6.07) is 0. The van der Waals surface area contributed by atoms with Gasteiger partial charge in [0, 0.05) is 13.2 Å². The Morgan fingerprint density at radius 2 is 2.31 bits per heavy atom. The molecule has 0 bridgehead atoms. The fraction of sp³-hybridized carbons (Fsp3) is 0.667. The van der Waals surface area contributed by atoms with Crippen LogP contribution in [0.5, 0.6) is 0 Å². The van der Waals surface area contributed by atoms with E-state index in [9.17, 15) is 5.11 Å². The maximum absolute atomic E-state index is 9.88. The van der Waals surface area contributed by atoms with Gasteiger partial charge in [-0.15, -0.1) is 0 Å². The third-order valence-corrected chi connectivity index (χ3v) is 2.88. The molecule has 0 radical (unpaired) electrons. The molecule has 13 heavy (non-hydrogen) atoms. The van der Waals surface area contributed by atoms with Crippen molar-refractivity contribution in [3.8, 4) is 0 Å². The zero-order valence-electron chi connectivity index (χ0n) is 8.16. The summed E-state index contributed by atoms with van der Waals surface area (Å²) < 4.78 is 2.58. The molecule has 0 fully saturated rings. The Balaban J connectivity index is 2.87. The zero-order chi connectivity index (χ0) is 10.0. The van der Waals surface area contributed by atoms with Crippen molar-refractivity contribution in [3.05, 3.63) is 16.4 Å². The molecule has 0 saturated carbocycles. The number of aryl methyl sites for hydroxylation is 1. The fourth-order valence-electron chi connectivity index (χ4n) is 1.17. The van der Waals surface area contributed by atoms with Crippen molar-refractivity contribution in [3.63, 3.8) is 0 Å². The predicted octanol–water partition coefficient (Wildman–Crippen LogP) is 2.26. The van der Waals surface area contributed by atoms with Crippen molar-refractivity contribution in [1.29, 1.82) is 0 Å². The van der Waals surface area contributed by atoms with Crippen LogP contribution in [-0.4, -0.2) is 14.9 Å². The minimum Gasteiger partial charge on any atom is -0.386 e. The SMILES string of the molecule is CCC(C)C(O)c1nn(C)cc1Br. The van der Waals surface area contributed by atoms with Crippen LogP contribution in [0.4, 0.5) is 0 Å². The molecule has 2 atom stereocenters. The Bertz CT molecular complexity index is 285. The number of hydrogen-bond donors (Lipinski definition) is 1. The van der Waals surface area contributed by atoms with E-state index in [-0.39, 0.29) is 5.92 Å². The van der Waals surface area contributed by atoms with Crippen molar-refractivity contribution in [2.45, 2.75) is 26.4 Å². The summed E-state index contributed by atoms with van der Waals surface area (Å²) in [6.45, 7) is 4.08. The van der Waals surface area contributed by atoms with Crippen LogP contribution in [0.1, 0.15) is 32.1 Å². The van der Waals surface area contributed by atoms with Gasteiger partial charge < -0.3 is 5.11 Å². The average molecular weight is 247 g/mol. The molecule has 0 amide bonds. The normalized spacial score (nSPS) is 15.8. The lowest BCUT2D eigenvalue weighted by molar-refractivity contribution is 0.110. The maximum atomic E-state index is 9.88. The Hall–Kier alpha value is -0.350. The van der Waals surface area contributed by atoms with E-state index in [1.807, 2.05) is 20.2 Å². The van der Waals surface area contributed by atoms with Crippen molar-refractivity contribution in [2.75, 3.05) is 0 Å². The van der Waals surface area contributed by atoms with Crippen LogP contribution >= 0.6 is 15.9 Å². The van der Waals surface area contributed by atoms with Gasteiger partial charge >= 0.3 is 0 Å². The van der Waals surface area contributed by atoms with Crippen LogP contribution in [-0.2, 0) is 7.05 Å². The number of aromatic nitrogens is 2. The van der Waals surface area contributed by atoms with E-state index >= 15 is 0 Å². The number of halogens is 1. The summed E-state index contributed by atoms with van der Waals surface area (Å²) in [5.74, 6) is 0.242. The third-order valence-electron chi connectivity index (χ3n) is 2.27. The lowest BCUT2D eigenvalue weighted by Gasteiger charge is -2.14. The van der Waals surface area contributed by atoms with Gasteiger partial charge in [0.1, 0.15) is 11.8 Å². The van der Waals surface area contributed by atoms with Crippen molar-refractivity contribution >= 4 is 15.9 Å². The van der Waals surface area contributed by atoms with E-state index in [1.165, 1.54) is 0 Å². The molecule has 1 aromatic rings. The molecule has 0 aliphatic heterocycles. The van der Waals surface area contributed by atoms with Crippen LogP contribution < -0.4 is 0 Å². The minimum atomic E-state index is -0.472. The first-order valence-electron chi connectivity index (χ1n) is 4.43. The molecule has 0 spiro atoms. The first kappa shape index (κ1) is 10.7. The number of aliphatic hydroxyl groups excluding tert-OH is 1. The Morgan fingerprint density at radius 1 is 1.69 bits per heavy atom. The van der Waals surface area contributed by atoms with E-state index in [4.69, 9.17) is 0 Å². The monoisotopic (exact) mass is 246 g/mol. The van der Waals surface area contributed by atoms with Crippen LogP contribution in [0.3, 0.4) is 0 Å². The molecule has 3 nitrogen and oxygen atoms in total. The highest BCUT2D eigenvalue weighted by atomic mass is 79.9. The Morgan fingerprint density at radius 3 is 2.69 bits per heavy atom. The molecular formula is C9H15BrN2O. The predicted molar refractivity (Wildman–Crippen MR) is 55.3 cm³/mol. The molecule has 0 saturated heterocycles. The number of rotatable bonds is 3. The quantitative estimate of drug-likeness (QED) is 0.889. The molecule has 1 heterocycles. The topological polar surface area (TPSA) is 38.1 Å². The van der Waals surface area contributed by atoms with Crippen LogP contribution in [0.25, 0.3) is 0 Å². The lowest BCUT2D eigenvalue weighted by Crippen LogP contribution is -2.09. The molecule has 0 aromatic carbocycles. The molecule has 0 aliphatic carbocycles. The second kappa shape index (κ2) is 4.24. The average Bonchev–Trinajstić information content (AvgIpc) is 2.42. The van der Waals surface area contributed by atoms with Gasteiger partial charge in [-0.3, -0.25) is 4.68 Å². The van der Waals surface area contributed by atoms with Crippen molar-refractivity contribution in [1.82, 2.24) is 9.78 Å². The second-order valence-corrected chi connectivity index (χ2v) is 4.22. The van der Waals surface area contributed by atoms with Gasteiger partial charge in [-0.25, -0.2) is 0 Å². The first-order valence-corrected chi connectivity index (χ1v) is 5.22. The zero-order valence-corrected chi connectivity index (χ0v) is 9.74. The Kier molecular flexibility index (Phi) is 3.50. The van der Waals surface area contributed by atoms with Crippen molar-refractivity contribution in [2.24, 2.45) is 13.0 Å². The number of aliphatic hydroxyl groups is 1. The molecule has 0 aliphatic rings. The lowest BCUT2D eigenvalue weighted by atomic mass is 10.00. The number of hydrogen-bond acceptors (Lipinski definition) is 2. The van der Waals surface area contributed by atoms with Gasteiger partial charge in [-0.1, -0.05) is 20.3 Å². The van der Waals surface area contributed by atoms with E-state index in [2.05, 4.69) is 28.0 Å². The van der Waals surface area contributed by atoms with Crippen LogP contribution in [0.15, 0.2) is 10.7 Å². The summed E-state index contributed by atoms with van der Waals surface area (Å²) in [7, 11) is 1.84. The first-order chi connectivity index (χ1) is 6.06. The molecule has 1 aromatic heterocycles. The van der Waals surface area contributed by atoms with Gasteiger partial charge in [0.15, 0.2) is 0 Å². The molecule has 4 heteroatoms. The van der Waals surface area contributed by atoms with E-state index in [0.29, 0.717) is 0 Å². The van der Waals surface area contributed by atoms with Gasteiger partial charge in [0.25, 0.3) is 0 Å². The second-order valence-electron chi connectivity index (χ2n) is 3.37. The highest BCUT2D eigenvalue weighted by molar-refractivity contribution is 9.10. The minimum absolute atomic E-state index is 0.242. The highest BCUT2D eigenvalue weighted by Gasteiger charge is 2.20. The van der Waals surface area contributed by atoms with Gasteiger partial charge in [-0.05, 0) is 21.8 Å². The van der Waals surface area contributed by atoms with E-state index in [1.54, 1.807) is 4.68 Å². The van der Waals surface area contributed by atoms with Crippen molar-refractivity contribution < 1.29 is 5.11 Å². The third kappa shape index (κ3) is 2.31. The number of nitrogens with zero attached hydrogens (tertiary/aromatic N) is 2. The van der Waals surface area contributed by atoms with E-state index in [0.717, 1.165) is 16.6 Å². The van der Waals surface area contributed by atoms with Crippen LogP contribution in [0, 0.1) is 5.92 Å². The fourth-order valence-corrected chi connectivity index (χ4v) is 1.78. The molecule has 74 valence electrons. The standard InChI is InChI=1S/C9H15BrN2O/c1-4-6(2)9(13)8-7(10)5-12(3)11-8/h5-6,9,13H,4H2,1-3H3. The molecule has 2 unspecified atom stereocenters. The highest BCUT2D eigenvalue weighted by Crippen LogP contribution is 2.28. The van der Waals surface area contributed by atoms with Crippen LogP contribution in [0.2, 0.25) is 0 Å². The largest absolute Gasteiger partial charge is 0.386 e. The Labute approximate surface area is 86.9 Å². The molecule has 1 N–H and O–H groups in total. The molecular weight excluding hydrogens is 232 g/mol. The molecule has 1 rings (SSSR count). The smallest absolute Gasteiger partial charge is 0.105 e. The summed E-state index contributed by atoms with van der Waals surface area (Å²) >= 11 is 3.37. The van der Waals surface area contributed by atoms with E-state index < -0.39 is 6.10 Å². The summed E-state index contributed by atoms with van der Waals surface area (Å²) in [5, 5.41) is 14.1. The van der Waals surface area contributed by atoms with Gasteiger partial charge in [-0.2, -0.15) is 5.10 Å². The summed E-state index contributed by atoms with van der Waals surface area (Å²) in [4.78, 5) is 0. The van der Waals surface area contributed by atoms with Gasteiger partial charge in [0.2, 0.25) is 0 Å². The summed E-state index contributed by atoms with van der Waals surface area (Å²) in [5.41, 5.74) is 0.733. The maximum Gasteiger partial charge on any atom is 0.105 e. The van der Waals surface area contributed by atoms with Gasteiger partial charge in [0.05, 0.1) is 4.47 Å². The summed E-state index contributed by atoms with van der Waals surface area (Å²) in [6.07, 6.45) is 2.33.